The molecule has 0 unspecified atom stereocenters. The van der Waals surface area contributed by atoms with E-state index in [0.29, 0.717) is 17.5 Å². The Balaban J connectivity index is 1.06. The summed E-state index contributed by atoms with van der Waals surface area (Å²) in [7, 11) is 0. The van der Waals surface area contributed by atoms with Crippen LogP contribution in [0.4, 0.5) is 0 Å². The quantitative estimate of drug-likeness (QED) is 0.185. The molecule has 0 N–H and O–H groups in total. The SMILES string of the molecule is c1ccc(-c2nc(-c3ccccc3)nc(-c3ccc4c(c3)oc3ccc(-c5ccccc5-c5ccc6c(c5)sc5ccccc56)cc34)n2)cc1. The van der Waals surface area contributed by atoms with Gasteiger partial charge >= 0.3 is 0 Å². The van der Waals surface area contributed by atoms with Gasteiger partial charge in [0.1, 0.15) is 11.2 Å². The second-order valence-electron chi connectivity index (χ2n) is 12.4. The number of nitrogens with zero attached hydrogens (tertiary/aromatic N) is 3. The van der Waals surface area contributed by atoms with Gasteiger partial charge in [-0.05, 0) is 58.7 Å². The minimum atomic E-state index is 0.602. The Hall–Kier alpha value is -6.43. The number of fused-ring (bicyclic) bond motifs is 6. The number of hydrogen-bond acceptors (Lipinski definition) is 5. The topological polar surface area (TPSA) is 51.8 Å². The Kier molecular flexibility index (Phi) is 6.64. The fourth-order valence-electron chi connectivity index (χ4n) is 6.90. The molecule has 3 aromatic heterocycles. The largest absolute Gasteiger partial charge is 0.456 e. The molecule has 0 bridgehead atoms. The van der Waals surface area contributed by atoms with E-state index in [2.05, 4.69) is 97.1 Å². The van der Waals surface area contributed by atoms with Gasteiger partial charge in [-0.2, -0.15) is 0 Å². The molecule has 0 spiro atoms. The third-order valence-corrected chi connectivity index (χ3v) is 10.5. The standard InChI is InChI=1S/C45H27N3OS/c1-3-11-28(12-4-1)43-46-44(29-13-5-2-6-14-29)48-45(47-43)32-20-22-35-38-25-30(21-24-39(38)49-40(35)26-32)33-15-7-8-16-34(33)31-19-23-37-36-17-9-10-18-41(36)50-42(37)27-31/h1-27H. The summed E-state index contributed by atoms with van der Waals surface area (Å²) in [5, 5.41) is 4.75. The molecule has 10 rings (SSSR count). The molecule has 0 aliphatic heterocycles. The van der Waals surface area contributed by atoms with Crippen molar-refractivity contribution >= 4 is 53.4 Å². The number of hydrogen-bond donors (Lipinski definition) is 0. The monoisotopic (exact) mass is 657 g/mol. The van der Waals surface area contributed by atoms with Crippen LogP contribution in [-0.2, 0) is 0 Å². The first kappa shape index (κ1) is 28.6. The summed E-state index contributed by atoms with van der Waals surface area (Å²) >= 11 is 1.85. The first-order valence-electron chi connectivity index (χ1n) is 16.6. The van der Waals surface area contributed by atoms with Crippen LogP contribution in [0.1, 0.15) is 0 Å². The first-order valence-corrected chi connectivity index (χ1v) is 17.4. The zero-order valence-electron chi connectivity index (χ0n) is 26.7. The zero-order valence-corrected chi connectivity index (χ0v) is 27.6. The molecule has 0 atom stereocenters. The van der Waals surface area contributed by atoms with E-state index in [1.807, 2.05) is 78.1 Å². The van der Waals surface area contributed by atoms with E-state index in [1.54, 1.807) is 0 Å². The number of benzene rings is 7. The third-order valence-electron chi connectivity index (χ3n) is 9.36. The molecule has 50 heavy (non-hydrogen) atoms. The predicted octanol–water partition coefficient (Wildman–Crippen LogP) is 12.5. The van der Waals surface area contributed by atoms with E-state index in [-0.39, 0.29) is 0 Å². The summed E-state index contributed by atoms with van der Waals surface area (Å²) in [6.07, 6.45) is 0. The second kappa shape index (κ2) is 11.6. The van der Waals surface area contributed by atoms with Gasteiger partial charge in [-0.15, -0.1) is 11.3 Å². The van der Waals surface area contributed by atoms with Crippen molar-refractivity contribution in [2.45, 2.75) is 0 Å². The molecule has 0 amide bonds. The lowest BCUT2D eigenvalue weighted by Gasteiger charge is -2.11. The van der Waals surface area contributed by atoms with E-state index >= 15 is 0 Å². The van der Waals surface area contributed by atoms with E-state index < -0.39 is 0 Å². The molecule has 4 nitrogen and oxygen atoms in total. The van der Waals surface area contributed by atoms with Crippen LogP contribution >= 0.6 is 11.3 Å². The summed E-state index contributed by atoms with van der Waals surface area (Å²) in [6.45, 7) is 0. The fraction of sp³-hybridized carbons (Fsp3) is 0. The van der Waals surface area contributed by atoms with Gasteiger partial charge in [0, 0.05) is 47.6 Å². The summed E-state index contributed by atoms with van der Waals surface area (Å²) in [6, 6.07) is 57.0. The van der Waals surface area contributed by atoms with E-state index in [4.69, 9.17) is 19.4 Å². The lowest BCUT2D eigenvalue weighted by atomic mass is 9.93. The Bertz CT molecular complexity index is 2820. The number of rotatable bonds is 5. The van der Waals surface area contributed by atoms with Gasteiger partial charge < -0.3 is 4.42 Å². The summed E-state index contributed by atoms with van der Waals surface area (Å²) in [4.78, 5) is 14.7. The average molecular weight is 658 g/mol. The summed E-state index contributed by atoms with van der Waals surface area (Å²) in [5.41, 5.74) is 9.14. The maximum atomic E-state index is 6.46. The smallest absolute Gasteiger partial charge is 0.164 e. The van der Waals surface area contributed by atoms with Gasteiger partial charge in [-0.25, -0.2) is 15.0 Å². The molecule has 0 saturated heterocycles. The minimum Gasteiger partial charge on any atom is -0.456 e. The van der Waals surface area contributed by atoms with Crippen LogP contribution in [0, 0.1) is 0 Å². The van der Waals surface area contributed by atoms with Crippen molar-refractivity contribution in [3.8, 4) is 56.4 Å². The van der Waals surface area contributed by atoms with E-state index in [9.17, 15) is 0 Å². The highest BCUT2D eigenvalue weighted by molar-refractivity contribution is 7.25. The van der Waals surface area contributed by atoms with Gasteiger partial charge in [0.05, 0.1) is 0 Å². The lowest BCUT2D eigenvalue weighted by molar-refractivity contribution is 0.669. The van der Waals surface area contributed by atoms with Crippen molar-refractivity contribution in [1.29, 1.82) is 0 Å². The first-order chi connectivity index (χ1) is 24.7. The Labute approximate surface area is 292 Å². The maximum Gasteiger partial charge on any atom is 0.164 e. The normalized spacial score (nSPS) is 11.6. The molecule has 234 valence electrons. The van der Waals surface area contributed by atoms with E-state index in [1.165, 1.54) is 36.9 Å². The van der Waals surface area contributed by atoms with E-state index in [0.717, 1.165) is 44.2 Å². The van der Waals surface area contributed by atoms with Crippen LogP contribution in [-0.4, -0.2) is 15.0 Å². The Morgan fingerprint density at radius 2 is 0.880 bits per heavy atom. The number of furan rings is 1. The lowest BCUT2D eigenvalue weighted by Crippen LogP contribution is -2.00. The van der Waals surface area contributed by atoms with Gasteiger partial charge in [-0.3, -0.25) is 0 Å². The van der Waals surface area contributed by atoms with Gasteiger partial charge in [0.2, 0.25) is 0 Å². The van der Waals surface area contributed by atoms with Gasteiger partial charge in [-0.1, -0.05) is 127 Å². The number of thiophene rings is 1. The molecule has 0 fully saturated rings. The molecular weight excluding hydrogens is 631 g/mol. The zero-order chi connectivity index (χ0) is 33.0. The van der Waals surface area contributed by atoms with Gasteiger partial charge in [0.25, 0.3) is 0 Å². The summed E-state index contributed by atoms with van der Waals surface area (Å²) < 4.78 is 9.08. The van der Waals surface area contributed by atoms with Crippen LogP contribution in [0.2, 0.25) is 0 Å². The van der Waals surface area contributed by atoms with Crippen molar-refractivity contribution in [2.75, 3.05) is 0 Å². The molecule has 0 radical (unpaired) electrons. The molecule has 5 heteroatoms. The van der Waals surface area contributed by atoms with Crippen LogP contribution in [0.3, 0.4) is 0 Å². The van der Waals surface area contributed by atoms with Crippen LogP contribution < -0.4 is 0 Å². The highest BCUT2D eigenvalue weighted by atomic mass is 32.1. The van der Waals surface area contributed by atoms with Crippen molar-refractivity contribution in [3.63, 3.8) is 0 Å². The Morgan fingerprint density at radius 3 is 1.60 bits per heavy atom. The van der Waals surface area contributed by atoms with Crippen molar-refractivity contribution < 1.29 is 4.42 Å². The molecule has 10 aromatic rings. The average Bonchev–Trinajstić information content (AvgIpc) is 3.75. The van der Waals surface area contributed by atoms with Crippen molar-refractivity contribution in [3.05, 3.63) is 164 Å². The van der Waals surface area contributed by atoms with Crippen LogP contribution in [0.25, 0.3) is 98.5 Å². The highest BCUT2D eigenvalue weighted by Crippen LogP contribution is 2.40. The molecular formula is C45H27N3OS. The van der Waals surface area contributed by atoms with Gasteiger partial charge in [0.15, 0.2) is 17.5 Å². The molecule has 3 heterocycles. The van der Waals surface area contributed by atoms with Crippen molar-refractivity contribution in [2.24, 2.45) is 0 Å². The second-order valence-corrected chi connectivity index (χ2v) is 13.5. The highest BCUT2D eigenvalue weighted by Gasteiger charge is 2.16. The van der Waals surface area contributed by atoms with Crippen LogP contribution in [0.15, 0.2) is 168 Å². The third kappa shape index (κ3) is 4.87. The fourth-order valence-corrected chi connectivity index (χ4v) is 8.05. The molecule has 0 aliphatic carbocycles. The maximum absolute atomic E-state index is 6.46. The molecule has 0 aliphatic rings. The summed E-state index contributed by atoms with van der Waals surface area (Å²) in [5.74, 6) is 1.87. The van der Waals surface area contributed by atoms with Crippen molar-refractivity contribution in [1.82, 2.24) is 15.0 Å². The minimum absolute atomic E-state index is 0.602. The number of aromatic nitrogens is 3. The van der Waals surface area contributed by atoms with Crippen LogP contribution in [0.5, 0.6) is 0 Å². The Morgan fingerprint density at radius 1 is 0.340 bits per heavy atom. The molecule has 0 saturated carbocycles. The molecule has 7 aromatic carbocycles. The predicted molar refractivity (Wildman–Crippen MR) is 207 cm³/mol.